The topological polar surface area (TPSA) is 43.1 Å². The molecule has 0 radical (unpaired) electrons. The molecule has 0 aromatic heterocycles. The van der Waals surface area contributed by atoms with Crippen molar-refractivity contribution in [3.05, 3.63) is 33.6 Å². The van der Waals surface area contributed by atoms with Crippen LogP contribution in [0.25, 0.3) is 0 Å². The highest BCUT2D eigenvalue weighted by Gasteiger charge is 2.17. The Morgan fingerprint density at radius 1 is 1.57 bits per heavy atom. The lowest BCUT2D eigenvalue weighted by atomic mass is 10.00. The zero-order valence-corrected chi connectivity index (χ0v) is 8.78. The molecule has 0 aliphatic carbocycles. The van der Waals surface area contributed by atoms with Crippen molar-refractivity contribution in [1.82, 2.24) is 0 Å². The zero-order chi connectivity index (χ0) is 10.9. The number of nitrogens with two attached hydrogens (primary N) is 1. The molecule has 2 nitrogen and oxygen atoms in total. The predicted molar refractivity (Wildman–Crippen MR) is 54.3 cm³/mol. The quantitative estimate of drug-likeness (QED) is 0.769. The highest BCUT2D eigenvalue weighted by molar-refractivity contribution is 6.34. The third-order valence-electron chi connectivity index (χ3n) is 2.20. The summed E-state index contributed by atoms with van der Waals surface area (Å²) in [7, 11) is 0. The van der Waals surface area contributed by atoms with E-state index < -0.39 is 5.82 Å². The van der Waals surface area contributed by atoms with Crippen LogP contribution in [0.5, 0.6) is 0 Å². The second kappa shape index (κ2) is 4.07. The molecule has 0 saturated carbocycles. The number of hydrogen-bond donors (Lipinski definition) is 1. The largest absolute Gasteiger partial charge is 0.324 e. The number of Topliss-reactive ketones (excluding diaryl/α,β-unsaturated/α-hetero) is 1. The van der Waals surface area contributed by atoms with E-state index in [1.54, 1.807) is 13.8 Å². The molecule has 0 fully saturated rings. The molecule has 0 aliphatic heterocycles. The molecule has 1 rings (SSSR count). The predicted octanol–water partition coefficient (Wildman–Crippen LogP) is 2.24. The fourth-order valence-electron chi connectivity index (χ4n) is 1.28. The van der Waals surface area contributed by atoms with Gasteiger partial charge in [0.1, 0.15) is 5.82 Å². The van der Waals surface area contributed by atoms with Gasteiger partial charge in [0, 0.05) is 5.56 Å². The van der Waals surface area contributed by atoms with Crippen molar-refractivity contribution >= 4 is 17.4 Å². The van der Waals surface area contributed by atoms with Crippen molar-refractivity contribution in [2.75, 3.05) is 6.54 Å². The van der Waals surface area contributed by atoms with Crippen LogP contribution in [0.4, 0.5) is 4.39 Å². The van der Waals surface area contributed by atoms with E-state index in [2.05, 4.69) is 0 Å². The van der Waals surface area contributed by atoms with Crippen molar-refractivity contribution in [2.24, 2.45) is 5.73 Å². The van der Waals surface area contributed by atoms with E-state index in [1.807, 2.05) is 0 Å². The first-order valence-corrected chi connectivity index (χ1v) is 4.55. The average Bonchev–Trinajstić information content (AvgIpc) is 2.15. The monoisotopic (exact) mass is 215 g/mol. The van der Waals surface area contributed by atoms with Crippen molar-refractivity contribution in [1.29, 1.82) is 0 Å². The number of ketones is 1. The summed E-state index contributed by atoms with van der Waals surface area (Å²) in [5, 5.41) is -0.136. The summed E-state index contributed by atoms with van der Waals surface area (Å²) in [5.74, 6) is -0.915. The molecule has 0 atom stereocenters. The van der Waals surface area contributed by atoms with E-state index in [-0.39, 0.29) is 22.9 Å². The molecule has 14 heavy (non-hydrogen) atoms. The van der Waals surface area contributed by atoms with Gasteiger partial charge >= 0.3 is 0 Å². The Hall–Kier alpha value is -0.930. The number of benzene rings is 1. The summed E-state index contributed by atoms with van der Waals surface area (Å²) in [6.07, 6.45) is 0. The van der Waals surface area contributed by atoms with E-state index in [9.17, 15) is 9.18 Å². The molecular formula is C10H11ClFNO. The maximum absolute atomic E-state index is 13.2. The molecular weight excluding hydrogens is 205 g/mol. The number of rotatable bonds is 2. The maximum atomic E-state index is 13.2. The van der Waals surface area contributed by atoms with E-state index in [0.29, 0.717) is 11.1 Å². The summed E-state index contributed by atoms with van der Waals surface area (Å²) in [6.45, 7) is 3.29. The summed E-state index contributed by atoms with van der Waals surface area (Å²) >= 11 is 5.69. The Bertz CT molecular complexity index is 364. The normalized spacial score (nSPS) is 10.4. The van der Waals surface area contributed by atoms with Crippen LogP contribution in [0, 0.1) is 19.7 Å². The lowest BCUT2D eigenvalue weighted by Crippen LogP contribution is -2.16. The van der Waals surface area contributed by atoms with Crippen LogP contribution in [0.3, 0.4) is 0 Å². The molecule has 76 valence electrons. The molecule has 0 amide bonds. The van der Waals surface area contributed by atoms with E-state index in [4.69, 9.17) is 17.3 Å². The number of halogens is 2. The van der Waals surface area contributed by atoms with Gasteiger partial charge in [0.2, 0.25) is 0 Å². The molecule has 0 unspecified atom stereocenters. The maximum Gasteiger partial charge on any atom is 0.178 e. The van der Waals surface area contributed by atoms with Gasteiger partial charge in [-0.25, -0.2) is 4.39 Å². The molecule has 1 aromatic rings. The van der Waals surface area contributed by atoms with E-state index >= 15 is 0 Å². The van der Waals surface area contributed by atoms with Gasteiger partial charge in [0.15, 0.2) is 5.78 Å². The second-order valence-electron chi connectivity index (χ2n) is 3.12. The Balaban J connectivity index is 3.47. The zero-order valence-electron chi connectivity index (χ0n) is 8.03. The number of carbonyl (C=O) groups excluding carboxylic acids is 1. The Kier molecular flexibility index (Phi) is 3.24. The average molecular weight is 216 g/mol. The third kappa shape index (κ3) is 1.79. The van der Waals surface area contributed by atoms with Crippen LogP contribution in [-0.4, -0.2) is 12.3 Å². The number of hydrogen-bond acceptors (Lipinski definition) is 2. The minimum absolute atomic E-state index is 0.136. The minimum Gasteiger partial charge on any atom is -0.324 e. The van der Waals surface area contributed by atoms with E-state index in [0.717, 1.165) is 0 Å². The Morgan fingerprint density at radius 3 is 2.64 bits per heavy atom. The molecule has 0 aliphatic rings. The standard InChI is InChI=1S/C10H11ClFNO/c1-5-3-7(12)10(11)9(6(5)2)8(14)4-13/h3H,4,13H2,1-2H3. The van der Waals surface area contributed by atoms with Gasteiger partial charge in [-0.3, -0.25) is 4.79 Å². The lowest BCUT2D eigenvalue weighted by Gasteiger charge is -2.09. The molecule has 0 spiro atoms. The smallest absolute Gasteiger partial charge is 0.178 e. The van der Waals surface area contributed by atoms with Crippen LogP contribution >= 0.6 is 11.6 Å². The van der Waals surface area contributed by atoms with Crippen molar-refractivity contribution in [3.63, 3.8) is 0 Å². The van der Waals surface area contributed by atoms with Crippen LogP contribution in [0.15, 0.2) is 6.07 Å². The second-order valence-corrected chi connectivity index (χ2v) is 3.49. The van der Waals surface area contributed by atoms with Crippen molar-refractivity contribution < 1.29 is 9.18 Å². The third-order valence-corrected chi connectivity index (χ3v) is 2.57. The SMILES string of the molecule is Cc1cc(F)c(Cl)c(C(=O)CN)c1C. The summed E-state index contributed by atoms with van der Waals surface area (Å²) in [5.41, 5.74) is 6.80. The molecule has 0 saturated heterocycles. The first-order valence-electron chi connectivity index (χ1n) is 4.17. The van der Waals surface area contributed by atoms with Crippen molar-refractivity contribution in [3.8, 4) is 0 Å². The Morgan fingerprint density at radius 2 is 2.14 bits per heavy atom. The highest BCUT2D eigenvalue weighted by atomic mass is 35.5. The Labute approximate surface area is 86.9 Å². The van der Waals surface area contributed by atoms with Gasteiger partial charge in [-0.2, -0.15) is 0 Å². The van der Waals surface area contributed by atoms with Gasteiger partial charge in [-0.1, -0.05) is 11.6 Å². The van der Waals surface area contributed by atoms with Crippen LogP contribution < -0.4 is 5.73 Å². The van der Waals surface area contributed by atoms with E-state index in [1.165, 1.54) is 6.07 Å². The fraction of sp³-hybridized carbons (Fsp3) is 0.300. The minimum atomic E-state index is -0.577. The molecule has 0 bridgehead atoms. The van der Waals surface area contributed by atoms with Gasteiger partial charge in [0.25, 0.3) is 0 Å². The summed E-state index contributed by atoms with van der Waals surface area (Å²) < 4.78 is 13.2. The first-order chi connectivity index (χ1) is 6.49. The number of carbonyl (C=O) groups is 1. The van der Waals surface area contributed by atoms with Crippen molar-refractivity contribution in [2.45, 2.75) is 13.8 Å². The summed E-state index contributed by atoms with van der Waals surface area (Å²) in [4.78, 5) is 11.4. The highest BCUT2D eigenvalue weighted by Crippen LogP contribution is 2.26. The molecule has 0 heterocycles. The van der Waals surface area contributed by atoms with Gasteiger partial charge in [-0.05, 0) is 31.0 Å². The molecule has 1 aromatic carbocycles. The first kappa shape index (κ1) is 11.1. The summed E-state index contributed by atoms with van der Waals surface area (Å²) in [6, 6.07) is 1.31. The van der Waals surface area contributed by atoms with Gasteiger partial charge in [0.05, 0.1) is 11.6 Å². The van der Waals surface area contributed by atoms with Crippen LogP contribution in [0.2, 0.25) is 5.02 Å². The van der Waals surface area contributed by atoms with Gasteiger partial charge < -0.3 is 5.73 Å². The number of aryl methyl sites for hydroxylation is 1. The lowest BCUT2D eigenvalue weighted by molar-refractivity contribution is 0.100. The fourth-order valence-corrected chi connectivity index (χ4v) is 1.58. The molecule has 4 heteroatoms. The van der Waals surface area contributed by atoms with Gasteiger partial charge in [-0.15, -0.1) is 0 Å². The van der Waals surface area contributed by atoms with Crippen LogP contribution in [-0.2, 0) is 0 Å². The molecule has 2 N–H and O–H groups in total. The van der Waals surface area contributed by atoms with Crippen LogP contribution in [0.1, 0.15) is 21.5 Å².